The van der Waals surface area contributed by atoms with Gasteiger partial charge in [0.2, 0.25) is 0 Å². The van der Waals surface area contributed by atoms with Crippen molar-refractivity contribution in [3.63, 3.8) is 0 Å². The Labute approximate surface area is 199 Å². The molecule has 0 unspecified atom stereocenters. The molecule has 1 saturated carbocycles. The van der Waals surface area contributed by atoms with Crippen LogP contribution in [0.15, 0.2) is 72.8 Å². The molecular weight excluding hydrogens is 408 g/mol. The zero-order valence-electron chi connectivity index (χ0n) is 19.3. The molecular formula is C31H35Cl. The molecule has 0 atom stereocenters. The number of benzene rings is 3. The van der Waals surface area contributed by atoms with E-state index < -0.39 is 0 Å². The summed E-state index contributed by atoms with van der Waals surface area (Å²) < 4.78 is 0. The van der Waals surface area contributed by atoms with Crippen molar-refractivity contribution in [2.24, 2.45) is 5.92 Å². The van der Waals surface area contributed by atoms with E-state index in [2.05, 4.69) is 67.6 Å². The summed E-state index contributed by atoms with van der Waals surface area (Å²) in [6.45, 7) is 2.25. The lowest BCUT2D eigenvalue weighted by molar-refractivity contribution is 0.310. The molecule has 0 spiro atoms. The minimum absolute atomic E-state index is 0.772. The molecule has 1 heteroatoms. The molecule has 1 aliphatic carbocycles. The Morgan fingerprint density at radius 3 is 1.81 bits per heavy atom. The number of rotatable bonds is 8. The van der Waals surface area contributed by atoms with Crippen LogP contribution in [0.3, 0.4) is 0 Å². The first kappa shape index (κ1) is 22.9. The van der Waals surface area contributed by atoms with E-state index >= 15 is 0 Å². The van der Waals surface area contributed by atoms with Crippen molar-refractivity contribution >= 4 is 23.8 Å². The van der Waals surface area contributed by atoms with Gasteiger partial charge in [-0.1, -0.05) is 97.8 Å². The minimum Gasteiger partial charge on any atom is -0.0843 e. The van der Waals surface area contributed by atoms with Gasteiger partial charge in [0, 0.05) is 5.02 Å². The van der Waals surface area contributed by atoms with E-state index in [9.17, 15) is 0 Å². The van der Waals surface area contributed by atoms with Crippen molar-refractivity contribution in [3.8, 4) is 0 Å². The normalized spacial score (nSPS) is 18.8. The third-order valence-electron chi connectivity index (χ3n) is 7.00. The molecule has 0 aromatic heterocycles. The van der Waals surface area contributed by atoms with E-state index in [0.717, 1.165) is 16.9 Å². The van der Waals surface area contributed by atoms with Crippen molar-refractivity contribution in [1.29, 1.82) is 0 Å². The highest BCUT2D eigenvalue weighted by Crippen LogP contribution is 2.37. The van der Waals surface area contributed by atoms with Crippen LogP contribution in [0.2, 0.25) is 5.02 Å². The molecule has 0 aliphatic heterocycles. The molecule has 0 bridgehead atoms. The van der Waals surface area contributed by atoms with E-state index in [0.29, 0.717) is 0 Å². The van der Waals surface area contributed by atoms with Gasteiger partial charge in [0.1, 0.15) is 0 Å². The highest BCUT2D eigenvalue weighted by Gasteiger charge is 2.22. The minimum atomic E-state index is 0.772. The van der Waals surface area contributed by atoms with Gasteiger partial charge in [0.25, 0.3) is 0 Å². The second-order valence-corrected chi connectivity index (χ2v) is 9.81. The second kappa shape index (κ2) is 11.5. The van der Waals surface area contributed by atoms with Gasteiger partial charge in [-0.15, -0.1) is 0 Å². The van der Waals surface area contributed by atoms with Crippen LogP contribution in [0, 0.1) is 5.92 Å². The maximum atomic E-state index is 5.96. The lowest BCUT2D eigenvalue weighted by atomic mass is 9.77. The average molecular weight is 443 g/mol. The highest BCUT2D eigenvalue weighted by atomic mass is 35.5. The third-order valence-corrected chi connectivity index (χ3v) is 7.25. The molecule has 4 rings (SSSR count). The smallest absolute Gasteiger partial charge is 0.0406 e. The summed E-state index contributed by atoms with van der Waals surface area (Å²) >= 11 is 5.96. The van der Waals surface area contributed by atoms with Crippen LogP contribution >= 0.6 is 11.6 Å². The molecule has 0 amide bonds. The molecule has 3 aromatic carbocycles. The van der Waals surface area contributed by atoms with Gasteiger partial charge < -0.3 is 0 Å². The zero-order chi connectivity index (χ0) is 22.2. The summed E-state index contributed by atoms with van der Waals surface area (Å²) in [5.41, 5.74) is 6.92. The van der Waals surface area contributed by atoms with Gasteiger partial charge in [-0.3, -0.25) is 0 Å². The largest absolute Gasteiger partial charge is 0.0843 e. The predicted octanol–water partition coefficient (Wildman–Crippen LogP) is 9.37. The predicted molar refractivity (Wildman–Crippen MR) is 140 cm³/mol. The average Bonchev–Trinajstić information content (AvgIpc) is 2.84. The van der Waals surface area contributed by atoms with Crippen molar-refractivity contribution in [1.82, 2.24) is 0 Å². The SMILES string of the molecule is CCCc1ccc([C@H]2CC[C@H](CCc3ccc(/C=C/c4ccc(Cl)cc4)cc3)CC2)cc1. The van der Waals surface area contributed by atoms with Gasteiger partial charge >= 0.3 is 0 Å². The standard InChI is InChI=1S/C31H35Cl/c1-2-3-24-12-18-29(19-13-24)30-20-14-27(15-21-30)10-8-25-4-6-26(7-5-25)9-11-28-16-22-31(32)23-17-28/h4-7,9,11-13,16-19,22-23,27,30H,2-3,8,10,14-15,20-21H2,1H3/b11-9+/t27-,30-. The second-order valence-electron chi connectivity index (χ2n) is 9.37. The van der Waals surface area contributed by atoms with Gasteiger partial charge in [0.05, 0.1) is 0 Å². The van der Waals surface area contributed by atoms with E-state index in [4.69, 9.17) is 11.6 Å². The van der Waals surface area contributed by atoms with Gasteiger partial charge in [-0.25, -0.2) is 0 Å². The Kier molecular flexibility index (Phi) is 8.24. The molecule has 3 aromatic rings. The van der Waals surface area contributed by atoms with Gasteiger partial charge in [-0.2, -0.15) is 0 Å². The van der Waals surface area contributed by atoms with Gasteiger partial charge in [-0.05, 0) is 96.7 Å². The first-order valence-corrected chi connectivity index (χ1v) is 12.7. The van der Waals surface area contributed by atoms with E-state index in [-0.39, 0.29) is 0 Å². The van der Waals surface area contributed by atoms with Crippen molar-refractivity contribution in [2.75, 3.05) is 0 Å². The van der Waals surface area contributed by atoms with Crippen LogP contribution in [0.5, 0.6) is 0 Å². The lowest BCUT2D eigenvalue weighted by Gasteiger charge is -2.29. The van der Waals surface area contributed by atoms with Crippen LogP contribution in [0.25, 0.3) is 12.2 Å². The van der Waals surface area contributed by atoms with E-state index in [1.54, 1.807) is 5.56 Å². The molecule has 1 aliphatic rings. The number of hydrogen-bond donors (Lipinski definition) is 0. The maximum absolute atomic E-state index is 5.96. The van der Waals surface area contributed by atoms with Crippen LogP contribution in [-0.4, -0.2) is 0 Å². The zero-order valence-corrected chi connectivity index (χ0v) is 20.0. The Balaban J connectivity index is 1.22. The molecule has 0 heterocycles. The lowest BCUT2D eigenvalue weighted by Crippen LogP contribution is -2.14. The Morgan fingerprint density at radius 2 is 1.22 bits per heavy atom. The summed E-state index contributed by atoms with van der Waals surface area (Å²) in [5, 5.41) is 0.779. The molecule has 1 fully saturated rings. The van der Waals surface area contributed by atoms with Gasteiger partial charge in [0.15, 0.2) is 0 Å². The molecule has 0 saturated heterocycles. The van der Waals surface area contributed by atoms with Crippen LogP contribution in [-0.2, 0) is 12.8 Å². The Morgan fingerprint density at radius 1 is 0.688 bits per heavy atom. The highest BCUT2D eigenvalue weighted by molar-refractivity contribution is 6.30. The summed E-state index contributed by atoms with van der Waals surface area (Å²) in [4.78, 5) is 0. The van der Waals surface area contributed by atoms with Crippen LogP contribution < -0.4 is 0 Å². The molecule has 0 radical (unpaired) electrons. The number of halogens is 1. The fourth-order valence-corrected chi connectivity index (χ4v) is 5.09. The Hall–Kier alpha value is -2.31. The summed E-state index contributed by atoms with van der Waals surface area (Å²) in [6, 6.07) is 26.5. The number of aryl methyl sites for hydroxylation is 2. The quantitative estimate of drug-likeness (QED) is 0.305. The van der Waals surface area contributed by atoms with Crippen molar-refractivity contribution < 1.29 is 0 Å². The fourth-order valence-electron chi connectivity index (χ4n) is 4.96. The van der Waals surface area contributed by atoms with Crippen molar-refractivity contribution in [3.05, 3.63) is 106 Å². The first-order chi connectivity index (χ1) is 15.7. The third kappa shape index (κ3) is 6.59. The molecule has 0 nitrogen and oxygen atoms in total. The molecule has 0 N–H and O–H groups in total. The van der Waals surface area contributed by atoms with Crippen molar-refractivity contribution in [2.45, 2.75) is 64.2 Å². The Bertz CT molecular complexity index is 972. The van der Waals surface area contributed by atoms with E-state index in [1.807, 2.05) is 24.3 Å². The maximum Gasteiger partial charge on any atom is 0.0406 e. The number of hydrogen-bond acceptors (Lipinski definition) is 0. The monoisotopic (exact) mass is 442 g/mol. The van der Waals surface area contributed by atoms with Crippen LogP contribution in [0.1, 0.15) is 79.2 Å². The summed E-state index contributed by atoms with van der Waals surface area (Å²) in [6.07, 6.45) is 14.7. The van der Waals surface area contributed by atoms with E-state index in [1.165, 1.54) is 73.6 Å². The summed E-state index contributed by atoms with van der Waals surface area (Å²) in [7, 11) is 0. The fraction of sp³-hybridized carbons (Fsp3) is 0.355. The molecule has 166 valence electrons. The first-order valence-electron chi connectivity index (χ1n) is 12.3. The molecule has 32 heavy (non-hydrogen) atoms. The summed E-state index contributed by atoms with van der Waals surface area (Å²) in [5.74, 6) is 1.66. The van der Waals surface area contributed by atoms with Crippen LogP contribution in [0.4, 0.5) is 0 Å². The topological polar surface area (TPSA) is 0 Å².